The first-order valence-corrected chi connectivity index (χ1v) is 8.16. The fourth-order valence-corrected chi connectivity index (χ4v) is 4.08. The van der Waals surface area contributed by atoms with E-state index < -0.39 is 10.0 Å². The molecule has 0 saturated heterocycles. The van der Waals surface area contributed by atoms with E-state index in [4.69, 9.17) is 5.73 Å². The largest absolute Gasteiger partial charge is 0.399 e. The maximum absolute atomic E-state index is 12.8. The Morgan fingerprint density at radius 3 is 2.57 bits per heavy atom. The molecule has 114 valence electrons. The molecule has 3 N–H and O–H groups in total. The van der Waals surface area contributed by atoms with E-state index >= 15 is 0 Å². The number of aromatic amines is 1. The lowest BCUT2D eigenvalue weighted by Gasteiger charge is -2.21. The molecular formula is C14H20N4O2S. The normalized spacial score (nSPS) is 12.0. The van der Waals surface area contributed by atoms with Crippen molar-refractivity contribution in [3.8, 4) is 0 Å². The fourth-order valence-electron chi connectivity index (χ4n) is 2.31. The smallest absolute Gasteiger partial charge is 0.247 e. The quantitative estimate of drug-likeness (QED) is 0.824. The Kier molecular flexibility index (Phi) is 4.34. The summed E-state index contributed by atoms with van der Waals surface area (Å²) in [7, 11) is -3.58. The molecule has 2 aromatic rings. The van der Waals surface area contributed by atoms with Gasteiger partial charge in [-0.25, -0.2) is 8.42 Å². The number of benzene rings is 1. The highest BCUT2D eigenvalue weighted by Gasteiger charge is 2.28. The highest BCUT2D eigenvalue weighted by atomic mass is 32.2. The summed E-state index contributed by atoms with van der Waals surface area (Å²) in [6, 6.07) is 7.25. The van der Waals surface area contributed by atoms with Crippen molar-refractivity contribution in [1.29, 1.82) is 0 Å². The topological polar surface area (TPSA) is 92.1 Å². The molecule has 0 saturated carbocycles. The van der Waals surface area contributed by atoms with Crippen molar-refractivity contribution in [2.75, 3.05) is 12.3 Å². The summed E-state index contributed by atoms with van der Waals surface area (Å²) in [5, 5.41) is 6.69. The molecule has 2 rings (SSSR count). The standard InChI is InChI=1S/C14H20N4O2S/c1-4-18(9-12-6-5-7-13(15)8-12)21(19,20)14-10(2)16-17-11(14)3/h5-8H,4,9,15H2,1-3H3,(H,16,17). The molecule has 1 aromatic heterocycles. The monoisotopic (exact) mass is 308 g/mol. The van der Waals surface area contributed by atoms with Gasteiger partial charge in [0.15, 0.2) is 0 Å². The van der Waals surface area contributed by atoms with Crippen LogP contribution >= 0.6 is 0 Å². The Labute approximate surface area is 125 Å². The summed E-state index contributed by atoms with van der Waals surface area (Å²) in [6.45, 7) is 5.87. The van der Waals surface area contributed by atoms with Crippen LogP contribution in [0.3, 0.4) is 0 Å². The van der Waals surface area contributed by atoms with Crippen LogP contribution in [0, 0.1) is 13.8 Å². The molecule has 0 amide bonds. The van der Waals surface area contributed by atoms with Gasteiger partial charge in [0.2, 0.25) is 10.0 Å². The van der Waals surface area contributed by atoms with Gasteiger partial charge in [0.1, 0.15) is 4.90 Å². The minimum Gasteiger partial charge on any atom is -0.399 e. The lowest BCUT2D eigenvalue weighted by molar-refractivity contribution is 0.423. The average molecular weight is 308 g/mol. The van der Waals surface area contributed by atoms with Gasteiger partial charge in [0, 0.05) is 18.8 Å². The zero-order valence-electron chi connectivity index (χ0n) is 12.4. The number of rotatable bonds is 5. The molecule has 0 aliphatic heterocycles. The van der Waals surface area contributed by atoms with Crippen LogP contribution in [0.25, 0.3) is 0 Å². The maximum Gasteiger partial charge on any atom is 0.247 e. The Balaban J connectivity index is 2.37. The highest BCUT2D eigenvalue weighted by molar-refractivity contribution is 7.89. The Hall–Kier alpha value is -1.86. The lowest BCUT2D eigenvalue weighted by atomic mass is 10.2. The molecular weight excluding hydrogens is 288 g/mol. The van der Waals surface area contributed by atoms with Crippen molar-refractivity contribution < 1.29 is 8.42 Å². The number of nitrogens with two attached hydrogens (primary N) is 1. The number of nitrogen functional groups attached to an aromatic ring is 1. The van der Waals surface area contributed by atoms with E-state index in [1.165, 1.54) is 4.31 Å². The van der Waals surface area contributed by atoms with Gasteiger partial charge in [0.25, 0.3) is 0 Å². The average Bonchev–Trinajstić information content (AvgIpc) is 2.76. The Morgan fingerprint density at radius 1 is 1.33 bits per heavy atom. The fraction of sp³-hybridized carbons (Fsp3) is 0.357. The van der Waals surface area contributed by atoms with Crippen molar-refractivity contribution in [2.45, 2.75) is 32.2 Å². The van der Waals surface area contributed by atoms with Gasteiger partial charge >= 0.3 is 0 Å². The first-order chi connectivity index (χ1) is 9.86. The summed E-state index contributed by atoms with van der Waals surface area (Å²) in [5.74, 6) is 0. The van der Waals surface area contributed by atoms with Crippen LogP contribution < -0.4 is 5.73 Å². The van der Waals surface area contributed by atoms with E-state index in [0.29, 0.717) is 23.6 Å². The Bertz CT molecular complexity index is 718. The second kappa shape index (κ2) is 5.87. The Morgan fingerprint density at radius 2 is 2.05 bits per heavy atom. The van der Waals surface area contributed by atoms with Crippen molar-refractivity contribution in [1.82, 2.24) is 14.5 Å². The van der Waals surface area contributed by atoms with Gasteiger partial charge in [-0.05, 0) is 31.5 Å². The number of nitrogens with zero attached hydrogens (tertiary/aromatic N) is 2. The predicted octanol–water partition coefficient (Wildman–Crippen LogP) is 1.82. The molecule has 0 aliphatic carbocycles. The number of anilines is 1. The summed E-state index contributed by atoms with van der Waals surface area (Å²) in [4.78, 5) is 0.258. The number of H-pyrrole nitrogens is 1. The second-order valence-corrected chi connectivity index (χ2v) is 6.81. The second-order valence-electron chi connectivity index (χ2n) is 4.94. The molecule has 21 heavy (non-hydrogen) atoms. The third-order valence-corrected chi connectivity index (χ3v) is 5.51. The van der Waals surface area contributed by atoms with Crippen LogP contribution in [0.15, 0.2) is 29.2 Å². The number of aromatic nitrogens is 2. The number of aryl methyl sites for hydroxylation is 2. The number of sulfonamides is 1. The van der Waals surface area contributed by atoms with Crippen molar-refractivity contribution >= 4 is 15.7 Å². The van der Waals surface area contributed by atoms with Crippen LogP contribution in [0.2, 0.25) is 0 Å². The molecule has 7 heteroatoms. The minimum absolute atomic E-state index is 0.258. The van der Waals surface area contributed by atoms with Crippen LogP contribution in [0.4, 0.5) is 5.69 Å². The predicted molar refractivity (Wildman–Crippen MR) is 82.2 cm³/mol. The molecule has 0 fully saturated rings. The SMILES string of the molecule is CCN(Cc1cccc(N)c1)S(=O)(=O)c1c(C)n[nH]c1C. The van der Waals surface area contributed by atoms with Crippen LogP contribution in [-0.4, -0.2) is 29.5 Å². The number of hydrogen-bond donors (Lipinski definition) is 2. The summed E-state index contributed by atoms with van der Waals surface area (Å²) in [6.07, 6.45) is 0. The van der Waals surface area contributed by atoms with Crippen LogP contribution in [0.1, 0.15) is 23.9 Å². The zero-order valence-corrected chi connectivity index (χ0v) is 13.2. The molecule has 6 nitrogen and oxygen atoms in total. The van der Waals surface area contributed by atoms with Gasteiger partial charge in [-0.1, -0.05) is 19.1 Å². The van der Waals surface area contributed by atoms with Gasteiger partial charge in [0.05, 0.1) is 11.4 Å². The summed E-state index contributed by atoms with van der Waals surface area (Å²) in [5.41, 5.74) is 8.27. The van der Waals surface area contributed by atoms with Gasteiger partial charge < -0.3 is 5.73 Å². The van der Waals surface area contributed by atoms with Crippen molar-refractivity contribution in [2.24, 2.45) is 0 Å². The molecule has 0 aliphatic rings. The third-order valence-electron chi connectivity index (χ3n) is 3.32. The van der Waals surface area contributed by atoms with E-state index in [-0.39, 0.29) is 11.4 Å². The molecule has 0 atom stereocenters. The van der Waals surface area contributed by atoms with Crippen molar-refractivity contribution in [3.05, 3.63) is 41.2 Å². The highest BCUT2D eigenvalue weighted by Crippen LogP contribution is 2.23. The molecule has 0 radical (unpaired) electrons. The van der Waals surface area contributed by atoms with E-state index in [0.717, 1.165) is 5.56 Å². The summed E-state index contributed by atoms with van der Waals surface area (Å²) < 4.78 is 27.0. The van der Waals surface area contributed by atoms with E-state index in [9.17, 15) is 8.42 Å². The van der Waals surface area contributed by atoms with Crippen LogP contribution in [-0.2, 0) is 16.6 Å². The minimum atomic E-state index is -3.58. The van der Waals surface area contributed by atoms with E-state index in [1.807, 2.05) is 19.1 Å². The van der Waals surface area contributed by atoms with Gasteiger partial charge in [-0.15, -0.1) is 0 Å². The maximum atomic E-state index is 12.8. The lowest BCUT2D eigenvalue weighted by Crippen LogP contribution is -2.31. The number of nitrogens with one attached hydrogen (secondary N) is 1. The molecule has 0 bridgehead atoms. The molecule has 0 unspecified atom stereocenters. The number of hydrogen-bond acceptors (Lipinski definition) is 4. The van der Waals surface area contributed by atoms with Crippen molar-refractivity contribution in [3.63, 3.8) is 0 Å². The molecule has 0 spiro atoms. The van der Waals surface area contributed by atoms with Crippen LogP contribution in [0.5, 0.6) is 0 Å². The third kappa shape index (κ3) is 3.08. The molecule has 1 heterocycles. The van der Waals surface area contributed by atoms with Gasteiger partial charge in [-0.2, -0.15) is 9.40 Å². The van der Waals surface area contributed by atoms with Gasteiger partial charge in [-0.3, -0.25) is 5.10 Å². The molecule has 1 aromatic carbocycles. The van der Waals surface area contributed by atoms with E-state index in [1.54, 1.807) is 26.0 Å². The summed E-state index contributed by atoms with van der Waals surface area (Å²) >= 11 is 0. The zero-order chi connectivity index (χ0) is 15.6. The van der Waals surface area contributed by atoms with E-state index in [2.05, 4.69) is 10.2 Å². The first-order valence-electron chi connectivity index (χ1n) is 6.72. The first kappa shape index (κ1) is 15.5.